The maximum atomic E-state index is 12.7. The van der Waals surface area contributed by atoms with E-state index in [1.54, 1.807) is 6.07 Å². The van der Waals surface area contributed by atoms with Gasteiger partial charge in [-0.2, -0.15) is 5.10 Å². The minimum absolute atomic E-state index is 0.212. The molecule has 2 N–H and O–H groups in total. The molecule has 28 heavy (non-hydrogen) atoms. The molecule has 0 saturated carbocycles. The lowest BCUT2D eigenvalue weighted by molar-refractivity contribution is 0.102. The predicted octanol–water partition coefficient (Wildman–Crippen LogP) is 5.68. The van der Waals surface area contributed by atoms with Crippen molar-refractivity contribution in [3.8, 4) is 11.3 Å². The van der Waals surface area contributed by atoms with E-state index in [9.17, 15) is 4.79 Å². The first-order chi connectivity index (χ1) is 13.7. The number of aromatic amines is 1. The van der Waals surface area contributed by atoms with Crippen LogP contribution in [0.3, 0.4) is 0 Å². The predicted molar refractivity (Wildman–Crippen MR) is 115 cm³/mol. The van der Waals surface area contributed by atoms with Crippen LogP contribution in [0.2, 0.25) is 0 Å². The molecule has 4 rings (SSSR count). The number of aromatic nitrogens is 2. The van der Waals surface area contributed by atoms with E-state index in [2.05, 4.69) is 43.6 Å². The highest BCUT2D eigenvalue weighted by molar-refractivity contribution is 9.10. The summed E-state index contributed by atoms with van der Waals surface area (Å²) in [6.07, 6.45) is 0.754. The summed E-state index contributed by atoms with van der Waals surface area (Å²) in [5, 5.41) is 10.1. The quantitative estimate of drug-likeness (QED) is 0.426. The molecule has 0 atom stereocenters. The first-order valence-corrected chi connectivity index (χ1v) is 9.73. The summed E-state index contributed by atoms with van der Waals surface area (Å²) in [6, 6.07) is 27.6. The smallest absolute Gasteiger partial charge is 0.273 e. The highest BCUT2D eigenvalue weighted by atomic mass is 79.9. The SMILES string of the molecule is O=C(Nc1ccccc1Cc1ccccc1)c1cc(-c2ccc(Br)cc2)n[nH]1. The lowest BCUT2D eigenvalue weighted by Crippen LogP contribution is -2.13. The van der Waals surface area contributed by atoms with Crippen LogP contribution in [-0.2, 0) is 6.42 Å². The second kappa shape index (κ2) is 8.23. The number of hydrogen-bond acceptors (Lipinski definition) is 2. The Morgan fingerprint density at radius 3 is 2.43 bits per heavy atom. The highest BCUT2D eigenvalue weighted by Gasteiger charge is 2.13. The van der Waals surface area contributed by atoms with Crippen molar-refractivity contribution < 1.29 is 4.79 Å². The average Bonchev–Trinajstić information content (AvgIpc) is 3.21. The van der Waals surface area contributed by atoms with Crippen LogP contribution in [-0.4, -0.2) is 16.1 Å². The van der Waals surface area contributed by atoms with Gasteiger partial charge in [0.2, 0.25) is 0 Å². The van der Waals surface area contributed by atoms with Crippen LogP contribution in [0.5, 0.6) is 0 Å². The summed E-state index contributed by atoms with van der Waals surface area (Å²) >= 11 is 3.42. The van der Waals surface area contributed by atoms with Crippen LogP contribution in [0, 0.1) is 0 Å². The van der Waals surface area contributed by atoms with Crippen LogP contribution in [0.1, 0.15) is 21.6 Å². The van der Waals surface area contributed by atoms with E-state index in [0.29, 0.717) is 5.69 Å². The van der Waals surface area contributed by atoms with Gasteiger partial charge in [0.05, 0.1) is 5.69 Å². The molecule has 0 fully saturated rings. The number of rotatable bonds is 5. The van der Waals surface area contributed by atoms with Crippen molar-refractivity contribution in [1.29, 1.82) is 0 Å². The van der Waals surface area contributed by atoms with Gasteiger partial charge in [-0.25, -0.2) is 0 Å². The Balaban J connectivity index is 1.52. The number of anilines is 1. The molecular weight excluding hydrogens is 414 g/mol. The third-order valence-electron chi connectivity index (χ3n) is 4.47. The number of amides is 1. The Hall–Kier alpha value is -3.18. The van der Waals surface area contributed by atoms with Gasteiger partial charge >= 0.3 is 0 Å². The van der Waals surface area contributed by atoms with E-state index in [0.717, 1.165) is 33.4 Å². The van der Waals surface area contributed by atoms with Crippen LogP contribution in [0.25, 0.3) is 11.3 Å². The van der Waals surface area contributed by atoms with E-state index in [1.165, 1.54) is 5.56 Å². The number of nitrogens with zero attached hydrogens (tertiary/aromatic N) is 1. The number of nitrogens with one attached hydrogen (secondary N) is 2. The van der Waals surface area contributed by atoms with Crippen molar-refractivity contribution in [2.75, 3.05) is 5.32 Å². The number of carbonyl (C=O) groups excluding carboxylic acids is 1. The third-order valence-corrected chi connectivity index (χ3v) is 4.99. The molecule has 0 aliphatic rings. The molecule has 4 aromatic rings. The Labute approximate surface area is 171 Å². The summed E-state index contributed by atoms with van der Waals surface area (Å²) in [5.41, 5.74) is 5.17. The van der Waals surface area contributed by atoms with Crippen LogP contribution >= 0.6 is 15.9 Å². The average molecular weight is 432 g/mol. The third kappa shape index (κ3) is 4.21. The minimum atomic E-state index is -0.212. The van der Waals surface area contributed by atoms with Gasteiger partial charge in [0, 0.05) is 15.7 Å². The molecule has 0 unspecified atom stereocenters. The summed E-state index contributed by atoms with van der Waals surface area (Å²) in [7, 11) is 0. The Bertz CT molecular complexity index is 1090. The molecule has 0 aliphatic carbocycles. The fourth-order valence-electron chi connectivity index (χ4n) is 3.01. The van der Waals surface area contributed by atoms with Crippen molar-refractivity contribution >= 4 is 27.5 Å². The summed E-state index contributed by atoms with van der Waals surface area (Å²) in [4.78, 5) is 12.7. The normalized spacial score (nSPS) is 10.6. The standard InChI is InChI=1S/C23H18BrN3O/c24-19-12-10-17(11-13-19)21-15-22(27-26-21)23(28)25-20-9-5-4-8-18(20)14-16-6-2-1-3-7-16/h1-13,15H,14H2,(H,25,28)(H,26,27). The van der Waals surface area contributed by atoms with Gasteiger partial charge in [-0.05, 0) is 41.8 Å². The van der Waals surface area contributed by atoms with Crippen LogP contribution in [0.4, 0.5) is 5.69 Å². The fraction of sp³-hybridized carbons (Fsp3) is 0.0435. The largest absolute Gasteiger partial charge is 0.320 e. The first kappa shape index (κ1) is 18.2. The zero-order valence-corrected chi connectivity index (χ0v) is 16.6. The molecule has 3 aromatic carbocycles. The Morgan fingerprint density at radius 1 is 0.929 bits per heavy atom. The highest BCUT2D eigenvalue weighted by Crippen LogP contribution is 2.22. The van der Waals surface area contributed by atoms with E-state index in [1.807, 2.05) is 66.7 Å². The van der Waals surface area contributed by atoms with Crippen LogP contribution in [0.15, 0.2) is 89.4 Å². The summed E-state index contributed by atoms with van der Waals surface area (Å²) in [6.45, 7) is 0. The van der Waals surface area contributed by atoms with Gasteiger partial charge in [-0.1, -0.05) is 76.6 Å². The zero-order chi connectivity index (χ0) is 19.3. The molecule has 0 aliphatic heterocycles. The summed E-state index contributed by atoms with van der Waals surface area (Å²) < 4.78 is 1.000. The number of carbonyl (C=O) groups is 1. The number of H-pyrrole nitrogens is 1. The molecule has 1 heterocycles. The van der Waals surface area contributed by atoms with Gasteiger partial charge in [-0.3, -0.25) is 9.89 Å². The van der Waals surface area contributed by atoms with Gasteiger partial charge < -0.3 is 5.32 Å². The molecule has 4 nitrogen and oxygen atoms in total. The lowest BCUT2D eigenvalue weighted by Gasteiger charge is -2.10. The van der Waals surface area contributed by atoms with Gasteiger partial charge in [0.25, 0.3) is 5.91 Å². The van der Waals surface area contributed by atoms with Crippen molar-refractivity contribution in [2.45, 2.75) is 6.42 Å². The fourth-order valence-corrected chi connectivity index (χ4v) is 3.27. The topological polar surface area (TPSA) is 57.8 Å². The zero-order valence-electron chi connectivity index (χ0n) is 15.0. The maximum Gasteiger partial charge on any atom is 0.273 e. The number of hydrogen-bond donors (Lipinski definition) is 2. The Kier molecular flexibility index (Phi) is 5.35. The van der Waals surface area contributed by atoms with E-state index >= 15 is 0 Å². The van der Waals surface area contributed by atoms with Gasteiger partial charge in [-0.15, -0.1) is 0 Å². The maximum absolute atomic E-state index is 12.7. The molecule has 138 valence electrons. The summed E-state index contributed by atoms with van der Waals surface area (Å²) in [5.74, 6) is -0.212. The van der Waals surface area contributed by atoms with E-state index < -0.39 is 0 Å². The second-order valence-corrected chi connectivity index (χ2v) is 7.36. The minimum Gasteiger partial charge on any atom is -0.320 e. The molecule has 1 aromatic heterocycles. The monoisotopic (exact) mass is 431 g/mol. The van der Waals surface area contributed by atoms with E-state index in [4.69, 9.17) is 0 Å². The van der Waals surface area contributed by atoms with Crippen molar-refractivity contribution in [1.82, 2.24) is 10.2 Å². The number of benzene rings is 3. The van der Waals surface area contributed by atoms with Crippen molar-refractivity contribution in [3.05, 3.63) is 106 Å². The lowest BCUT2D eigenvalue weighted by atomic mass is 10.0. The number of para-hydroxylation sites is 1. The first-order valence-electron chi connectivity index (χ1n) is 8.93. The van der Waals surface area contributed by atoms with Crippen LogP contribution < -0.4 is 5.32 Å². The van der Waals surface area contributed by atoms with Gasteiger partial charge in [0.1, 0.15) is 5.69 Å². The van der Waals surface area contributed by atoms with Gasteiger partial charge in [0.15, 0.2) is 0 Å². The molecule has 0 bridgehead atoms. The molecule has 0 radical (unpaired) electrons. The molecule has 0 spiro atoms. The van der Waals surface area contributed by atoms with E-state index in [-0.39, 0.29) is 5.91 Å². The molecular formula is C23H18BrN3O. The molecule has 5 heteroatoms. The van der Waals surface area contributed by atoms with Crippen molar-refractivity contribution in [2.24, 2.45) is 0 Å². The Morgan fingerprint density at radius 2 is 1.64 bits per heavy atom. The molecule has 0 saturated heterocycles. The van der Waals surface area contributed by atoms with Crippen molar-refractivity contribution in [3.63, 3.8) is 0 Å². The number of halogens is 1. The molecule has 1 amide bonds. The second-order valence-electron chi connectivity index (χ2n) is 6.45.